The van der Waals surface area contributed by atoms with Crippen molar-refractivity contribution >= 4 is 29.2 Å². The van der Waals surface area contributed by atoms with Crippen LogP contribution in [0.15, 0.2) is 24.3 Å². The summed E-state index contributed by atoms with van der Waals surface area (Å²) in [6, 6.07) is 3.70. The zero-order chi connectivity index (χ0) is 19.4. The third kappa shape index (κ3) is 4.57. The Labute approximate surface area is 155 Å². The van der Waals surface area contributed by atoms with E-state index in [9.17, 15) is 27.5 Å². The first kappa shape index (κ1) is 20.3. The molecule has 10 heteroatoms. The average Bonchev–Trinajstić information content (AvgIpc) is 2.58. The third-order valence-corrected chi connectivity index (χ3v) is 4.08. The smallest absolute Gasteiger partial charge is 0.315 e. The van der Waals surface area contributed by atoms with Crippen LogP contribution in [0.25, 0.3) is 0 Å². The molecule has 1 atom stereocenters. The molecule has 0 heterocycles. The molecule has 0 saturated carbocycles. The van der Waals surface area contributed by atoms with Gasteiger partial charge in [0, 0.05) is 33.8 Å². The number of urea groups is 1. The second-order valence-corrected chi connectivity index (χ2v) is 5.98. The fourth-order valence-corrected chi connectivity index (χ4v) is 2.78. The molecule has 2 rings (SSSR count). The number of aliphatic hydroxyl groups excluding tert-OH is 1. The van der Waals surface area contributed by atoms with Crippen molar-refractivity contribution in [2.75, 3.05) is 6.54 Å². The van der Waals surface area contributed by atoms with Crippen LogP contribution in [0.2, 0.25) is 10.0 Å². The maximum Gasteiger partial charge on any atom is 0.315 e. The number of aliphatic hydroxyl groups is 1. The molecule has 0 spiro atoms. The molecule has 0 fully saturated rings. The molecule has 0 bridgehead atoms. The Morgan fingerprint density at radius 1 is 1.04 bits per heavy atom. The first-order valence-corrected chi connectivity index (χ1v) is 7.93. The summed E-state index contributed by atoms with van der Waals surface area (Å²) >= 11 is 11.8. The molecule has 2 aromatic rings. The largest absolute Gasteiger partial charge is 0.386 e. The van der Waals surface area contributed by atoms with Crippen LogP contribution in [0, 0.1) is 23.3 Å². The Morgan fingerprint density at radius 2 is 1.58 bits per heavy atom. The standard InChI is InChI=1S/C16H12Cl2F4N2O2/c17-8-2-1-3-9(18)13(8)12(25)6-24-16(26)23-5-7-14(21)10(19)4-11(20)15(7)22/h1-4,12,25H,5-6H2,(H2,23,24,26). The molecule has 0 radical (unpaired) electrons. The van der Waals surface area contributed by atoms with Crippen molar-refractivity contribution in [3.63, 3.8) is 0 Å². The molecule has 4 nitrogen and oxygen atoms in total. The van der Waals surface area contributed by atoms with Crippen LogP contribution in [0.5, 0.6) is 0 Å². The van der Waals surface area contributed by atoms with E-state index in [2.05, 4.69) is 5.32 Å². The number of benzene rings is 2. The van der Waals surface area contributed by atoms with Gasteiger partial charge in [-0.1, -0.05) is 29.3 Å². The quantitative estimate of drug-likeness (QED) is 0.513. The summed E-state index contributed by atoms with van der Waals surface area (Å²) in [4.78, 5) is 11.7. The summed E-state index contributed by atoms with van der Waals surface area (Å²) in [6.45, 7) is -1.13. The van der Waals surface area contributed by atoms with E-state index in [-0.39, 0.29) is 28.2 Å². The van der Waals surface area contributed by atoms with Gasteiger partial charge in [0.1, 0.15) is 0 Å². The predicted octanol–water partition coefficient (Wildman–Crippen LogP) is 4.08. The van der Waals surface area contributed by atoms with Crippen LogP contribution in [-0.4, -0.2) is 17.7 Å². The molecule has 3 N–H and O–H groups in total. The SMILES string of the molecule is O=C(NCc1c(F)c(F)cc(F)c1F)NCC(O)c1c(Cl)cccc1Cl. The number of halogens is 6. The molecule has 0 aromatic heterocycles. The van der Waals surface area contributed by atoms with Crippen LogP contribution in [0.3, 0.4) is 0 Å². The van der Waals surface area contributed by atoms with Crippen LogP contribution < -0.4 is 10.6 Å². The van der Waals surface area contributed by atoms with Gasteiger partial charge in [-0.25, -0.2) is 22.4 Å². The third-order valence-electron chi connectivity index (χ3n) is 3.42. The number of hydrogen-bond acceptors (Lipinski definition) is 2. The van der Waals surface area contributed by atoms with Crippen molar-refractivity contribution in [2.45, 2.75) is 12.6 Å². The Kier molecular flexibility index (Phi) is 6.69. The maximum absolute atomic E-state index is 13.5. The topological polar surface area (TPSA) is 61.4 Å². The van der Waals surface area contributed by atoms with Crippen LogP contribution in [0.1, 0.15) is 17.2 Å². The van der Waals surface area contributed by atoms with Crippen molar-refractivity contribution in [3.05, 3.63) is 68.7 Å². The van der Waals surface area contributed by atoms with Crippen molar-refractivity contribution in [2.24, 2.45) is 0 Å². The Hall–Kier alpha value is -2.03. The Balaban J connectivity index is 1.96. The predicted molar refractivity (Wildman–Crippen MR) is 87.9 cm³/mol. The zero-order valence-electron chi connectivity index (χ0n) is 12.9. The van der Waals surface area contributed by atoms with Crippen molar-refractivity contribution in [1.29, 1.82) is 0 Å². The summed E-state index contributed by atoms with van der Waals surface area (Å²) in [5.41, 5.74) is -0.771. The number of carbonyl (C=O) groups excluding carboxylic acids is 1. The summed E-state index contributed by atoms with van der Waals surface area (Å²) in [7, 11) is 0. The zero-order valence-corrected chi connectivity index (χ0v) is 14.4. The molecule has 26 heavy (non-hydrogen) atoms. The van der Waals surface area contributed by atoms with E-state index < -0.39 is 47.5 Å². The van der Waals surface area contributed by atoms with Crippen LogP contribution in [-0.2, 0) is 6.54 Å². The molecule has 0 aliphatic heterocycles. The lowest BCUT2D eigenvalue weighted by molar-refractivity contribution is 0.173. The summed E-state index contributed by atoms with van der Waals surface area (Å²) in [5.74, 6) is -6.37. The lowest BCUT2D eigenvalue weighted by Gasteiger charge is -2.16. The van der Waals surface area contributed by atoms with E-state index in [1.54, 1.807) is 6.07 Å². The number of nitrogens with one attached hydrogen (secondary N) is 2. The molecule has 1 unspecified atom stereocenters. The second-order valence-electron chi connectivity index (χ2n) is 5.16. The molecule has 140 valence electrons. The van der Waals surface area contributed by atoms with Gasteiger partial charge < -0.3 is 15.7 Å². The van der Waals surface area contributed by atoms with Gasteiger partial charge in [-0.15, -0.1) is 0 Å². The molecule has 0 saturated heterocycles. The Morgan fingerprint density at radius 3 is 2.12 bits per heavy atom. The number of hydrogen-bond donors (Lipinski definition) is 3. The molecule has 2 amide bonds. The van der Waals surface area contributed by atoms with Gasteiger partial charge in [-0.05, 0) is 12.1 Å². The second kappa shape index (κ2) is 8.57. The highest BCUT2D eigenvalue weighted by atomic mass is 35.5. The lowest BCUT2D eigenvalue weighted by Crippen LogP contribution is -2.38. The number of carbonyl (C=O) groups is 1. The van der Waals surface area contributed by atoms with Gasteiger partial charge in [-0.2, -0.15) is 0 Å². The van der Waals surface area contributed by atoms with Gasteiger partial charge in [0.25, 0.3) is 0 Å². The van der Waals surface area contributed by atoms with Gasteiger partial charge in [-0.3, -0.25) is 0 Å². The van der Waals surface area contributed by atoms with E-state index >= 15 is 0 Å². The van der Waals surface area contributed by atoms with Crippen molar-refractivity contribution in [1.82, 2.24) is 10.6 Å². The minimum Gasteiger partial charge on any atom is -0.386 e. The summed E-state index contributed by atoms with van der Waals surface area (Å²) in [5, 5.41) is 14.7. The van der Waals surface area contributed by atoms with Crippen LogP contribution in [0.4, 0.5) is 22.4 Å². The molecule has 0 aliphatic rings. The lowest BCUT2D eigenvalue weighted by atomic mass is 10.1. The van der Waals surface area contributed by atoms with Gasteiger partial charge in [0.2, 0.25) is 0 Å². The van der Waals surface area contributed by atoms with Gasteiger partial charge in [0.05, 0.1) is 12.6 Å². The van der Waals surface area contributed by atoms with Crippen LogP contribution >= 0.6 is 23.2 Å². The highest BCUT2D eigenvalue weighted by Gasteiger charge is 2.20. The summed E-state index contributed by atoms with van der Waals surface area (Å²) < 4.78 is 53.2. The highest BCUT2D eigenvalue weighted by Crippen LogP contribution is 2.29. The highest BCUT2D eigenvalue weighted by molar-refractivity contribution is 6.36. The van der Waals surface area contributed by atoms with E-state index in [0.29, 0.717) is 0 Å². The van der Waals surface area contributed by atoms with E-state index in [0.717, 1.165) is 0 Å². The molecular formula is C16H12Cl2F4N2O2. The van der Waals surface area contributed by atoms with Crippen molar-refractivity contribution < 1.29 is 27.5 Å². The van der Waals surface area contributed by atoms with Gasteiger partial charge in [0.15, 0.2) is 23.3 Å². The molecular weight excluding hydrogens is 399 g/mol. The summed E-state index contributed by atoms with van der Waals surface area (Å²) in [6.07, 6.45) is -1.25. The number of amides is 2. The normalized spacial score (nSPS) is 12.0. The van der Waals surface area contributed by atoms with E-state index in [1.165, 1.54) is 12.1 Å². The molecule has 2 aromatic carbocycles. The minimum atomic E-state index is -1.60. The van der Waals surface area contributed by atoms with Crippen molar-refractivity contribution in [3.8, 4) is 0 Å². The van der Waals surface area contributed by atoms with E-state index in [1.807, 2.05) is 5.32 Å². The number of rotatable bonds is 5. The first-order chi connectivity index (χ1) is 12.2. The molecule has 0 aliphatic carbocycles. The average molecular weight is 411 g/mol. The fraction of sp³-hybridized carbons (Fsp3) is 0.188. The maximum atomic E-state index is 13.5. The fourth-order valence-electron chi connectivity index (χ4n) is 2.13. The van der Waals surface area contributed by atoms with E-state index in [4.69, 9.17) is 23.2 Å². The Bertz CT molecular complexity index is 790. The monoisotopic (exact) mass is 410 g/mol. The minimum absolute atomic E-state index is 0.0674. The van der Waals surface area contributed by atoms with Gasteiger partial charge >= 0.3 is 6.03 Å². The first-order valence-electron chi connectivity index (χ1n) is 7.18.